The molecular weight excluding hydrogens is 277 g/mol. The second-order valence-corrected chi connectivity index (χ2v) is 5.31. The fourth-order valence-electron chi connectivity index (χ4n) is 1.54. The van der Waals surface area contributed by atoms with Gasteiger partial charge in [-0.15, -0.1) is 0 Å². The fraction of sp³-hybridized carbons (Fsp3) is 0.286. The van der Waals surface area contributed by atoms with Gasteiger partial charge in [0.1, 0.15) is 17.1 Å². The largest absolute Gasteiger partial charge is 0.442 e. The van der Waals surface area contributed by atoms with Gasteiger partial charge in [-0.05, 0) is 32.9 Å². The van der Waals surface area contributed by atoms with E-state index in [0.717, 1.165) is 16.9 Å². The van der Waals surface area contributed by atoms with Gasteiger partial charge in [0, 0.05) is 18.6 Å². The van der Waals surface area contributed by atoms with Crippen molar-refractivity contribution in [3.63, 3.8) is 0 Å². The first-order valence-corrected chi connectivity index (χ1v) is 6.21. The Bertz CT molecular complexity index is 689. The third kappa shape index (κ3) is 3.50. The molecule has 0 N–H and O–H groups in total. The summed E-state index contributed by atoms with van der Waals surface area (Å²) in [6.45, 7) is 5.14. The number of ether oxygens (including phenoxy) is 1. The van der Waals surface area contributed by atoms with Gasteiger partial charge in [-0.25, -0.2) is 9.18 Å². The van der Waals surface area contributed by atoms with Crippen molar-refractivity contribution in [1.82, 2.24) is 14.8 Å². The number of nitrogens with zero attached hydrogens (tertiary/aromatic N) is 3. The standard InChI is InChI=1S/C14H14FN3O3/c1-14(2,3)21-13(20)18-7-5-11(17-18)12(19)9-8-16-6-4-10(9)15/h4-8H,1-3H3. The van der Waals surface area contributed by atoms with E-state index >= 15 is 0 Å². The minimum Gasteiger partial charge on any atom is -0.442 e. The second kappa shape index (κ2) is 5.43. The predicted octanol–water partition coefficient (Wildman–Crippen LogP) is 2.43. The van der Waals surface area contributed by atoms with E-state index in [1.807, 2.05) is 0 Å². The van der Waals surface area contributed by atoms with E-state index in [1.54, 1.807) is 20.8 Å². The Kier molecular flexibility index (Phi) is 3.84. The summed E-state index contributed by atoms with van der Waals surface area (Å²) in [7, 11) is 0. The van der Waals surface area contributed by atoms with Crippen molar-refractivity contribution in [1.29, 1.82) is 0 Å². The Morgan fingerprint density at radius 3 is 2.62 bits per heavy atom. The van der Waals surface area contributed by atoms with Crippen LogP contribution >= 0.6 is 0 Å². The van der Waals surface area contributed by atoms with E-state index in [2.05, 4.69) is 10.1 Å². The maximum Gasteiger partial charge on any atom is 0.435 e. The quantitative estimate of drug-likeness (QED) is 0.794. The molecule has 2 heterocycles. The topological polar surface area (TPSA) is 74.1 Å². The predicted molar refractivity (Wildman–Crippen MR) is 71.5 cm³/mol. The van der Waals surface area contributed by atoms with Gasteiger partial charge in [-0.3, -0.25) is 9.78 Å². The molecule has 2 rings (SSSR count). The molecule has 0 atom stereocenters. The highest BCUT2D eigenvalue weighted by Gasteiger charge is 2.21. The van der Waals surface area contributed by atoms with Crippen LogP contribution in [0.4, 0.5) is 9.18 Å². The van der Waals surface area contributed by atoms with Crippen LogP contribution in [0.25, 0.3) is 0 Å². The summed E-state index contributed by atoms with van der Waals surface area (Å²) in [5, 5.41) is 3.81. The second-order valence-electron chi connectivity index (χ2n) is 5.31. The highest BCUT2D eigenvalue weighted by Crippen LogP contribution is 2.12. The van der Waals surface area contributed by atoms with Crippen molar-refractivity contribution in [2.24, 2.45) is 0 Å². The van der Waals surface area contributed by atoms with E-state index in [-0.39, 0.29) is 11.3 Å². The summed E-state index contributed by atoms with van der Waals surface area (Å²) in [6.07, 6.45) is 2.93. The Balaban J connectivity index is 2.22. The molecule has 0 saturated carbocycles. The van der Waals surface area contributed by atoms with Crippen LogP contribution in [0.5, 0.6) is 0 Å². The first kappa shape index (κ1) is 14.8. The molecular formula is C14H14FN3O3. The molecule has 0 unspecified atom stereocenters. The van der Waals surface area contributed by atoms with Crippen LogP contribution in [0, 0.1) is 5.82 Å². The van der Waals surface area contributed by atoms with Crippen LogP contribution in [0.2, 0.25) is 0 Å². The molecule has 0 aromatic carbocycles. The lowest BCUT2D eigenvalue weighted by Crippen LogP contribution is -2.27. The summed E-state index contributed by atoms with van der Waals surface area (Å²) in [4.78, 5) is 27.6. The van der Waals surface area contributed by atoms with Gasteiger partial charge in [0.15, 0.2) is 0 Å². The van der Waals surface area contributed by atoms with E-state index < -0.39 is 23.3 Å². The number of ketones is 1. The zero-order chi connectivity index (χ0) is 15.6. The van der Waals surface area contributed by atoms with Crippen LogP contribution in [0.15, 0.2) is 30.7 Å². The molecule has 0 fully saturated rings. The summed E-state index contributed by atoms with van der Waals surface area (Å²) in [5.41, 5.74) is -0.942. The molecule has 0 radical (unpaired) electrons. The molecule has 0 amide bonds. The number of halogens is 1. The molecule has 0 bridgehead atoms. The molecule has 6 nitrogen and oxygen atoms in total. The Labute approximate surface area is 120 Å². The number of carbonyl (C=O) groups is 2. The lowest BCUT2D eigenvalue weighted by atomic mass is 10.1. The molecule has 2 aromatic rings. The molecule has 0 aliphatic rings. The average Bonchev–Trinajstić information content (AvgIpc) is 2.86. The van der Waals surface area contributed by atoms with Gasteiger partial charge in [-0.1, -0.05) is 0 Å². The Morgan fingerprint density at radius 1 is 1.29 bits per heavy atom. The fourth-order valence-corrected chi connectivity index (χ4v) is 1.54. The average molecular weight is 291 g/mol. The zero-order valence-corrected chi connectivity index (χ0v) is 11.8. The molecule has 21 heavy (non-hydrogen) atoms. The van der Waals surface area contributed by atoms with Crippen molar-refractivity contribution in [3.05, 3.63) is 47.8 Å². The third-order valence-electron chi connectivity index (χ3n) is 2.41. The highest BCUT2D eigenvalue weighted by molar-refractivity contribution is 6.07. The lowest BCUT2D eigenvalue weighted by molar-refractivity contribution is 0.0514. The van der Waals surface area contributed by atoms with Gasteiger partial charge in [-0.2, -0.15) is 9.78 Å². The summed E-state index contributed by atoms with van der Waals surface area (Å²) < 4.78 is 19.5. The van der Waals surface area contributed by atoms with Crippen LogP contribution in [-0.4, -0.2) is 32.2 Å². The molecule has 2 aromatic heterocycles. The number of aromatic nitrogens is 3. The van der Waals surface area contributed by atoms with Gasteiger partial charge >= 0.3 is 6.09 Å². The highest BCUT2D eigenvalue weighted by atomic mass is 19.1. The number of pyridine rings is 1. The normalized spacial score (nSPS) is 11.2. The Hall–Kier alpha value is -2.57. The van der Waals surface area contributed by atoms with Gasteiger partial charge < -0.3 is 4.74 Å². The first-order chi connectivity index (χ1) is 9.78. The Morgan fingerprint density at radius 2 is 2.00 bits per heavy atom. The van der Waals surface area contributed by atoms with E-state index in [4.69, 9.17) is 4.74 Å². The van der Waals surface area contributed by atoms with Gasteiger partial charge in [0.05, 0.1) is 5.56 Å². The van der Waals surface area contributed by atoms with Gasteiger partial charge in [0.2, 0.25) is 5.78 Å². The maximum atomic E-state index is 13.5. The van der Waals surface area contributed by atoms with Crippen molar-refractivity contribution < 1.29 is 18.7 Å². The van der Waals surface area contributed by atoms with Gasteiger partial charge in [0.25, 0.3) is 0 Å². The minimum atomic E-state index is -0.715. The summed E-state index contributed by atoms with van der Waals surface area (Å²) >= 11 is 0. The van der Waals surface area contributed by atoms with Crippen molar-refractivity contribution in [2.45, 2.75) is 26.4 Å². The summed E-state index contributed by atoms with van der Waals surface area (Å²) in [6, 6.07) is 2.40. The number of carbonyl (C=O) groups excluding carboxylic acids is 2. The zero-order valence-electron chi connectivity index (χ0n) is 11.8. The van der Waals surface area contributed by atoms with Crippen molar-refractivity contribution in [3.8, 4) is 0 Å². The van der Waals surface area contributed by atoms with Crippen molar-refractivity contribution >= 4 is 11.9 Å². The lowest BCUT2D eigenvalue weighted by Gasteiger charge is -2.18. The molecule has 7 heteroatoms. The van der Waals surface area contributed by atoms with E-state index in [1.165, 1.54) is 18.5 Å². The van der Waals surface area contributed by atoms with Crippen LogP contribution < -0.4 is 0 Å². The monoisotopic (exact) mass is 291 g/mol. The smallest absolute Gasteiger partial charge is 0.435 e. The summed E-state index contributed by atoms with van der Waals surface area (Å²) in [5.74, 6) is -1.34. The number of rotatable bonds is 2. The molecule has 110 valence electrons. The van der Waals surface area contributed by atoms with E-state index in [9.17, 15) is 14.0 Å². The molecule has 0 aliphatic carbocycles. The number of hydrogen-bond acceptors (Lipinski definition) is 5. The maximum absolute atomic E-state index is 13.5. The molecule has 0 saturated heterocycles. The molecule has 0 spiro atoms. The SMILES string of the molecule is CC(C)(C)OC(=O)n1ccc(C(=O)c2cnccc2F)n1. The van der Waals surface area contributed by atoms with Crippen LogP contribution in [0.3, 0.4) is 0 Å². The van der Waals surface area contributed by atoms with E-state index in [0.29, 0.717) is 0 Å². The number of hydrogen-bond donors (Lipinski definition) is 0. The minimum absolute atomic E-state index is 0.0623. The van der Waals surface area contributed by atoms with Crippen LogP contribution in [-0.2, 0) is 4.74 Å². The third-order valence-corrected chi connectivity index (χ3v) is 2.41. The van der Waals surface area contributed by atoms with Crippen LogP contribution in [0.1, 0.15) is 36.8 Å². The van der Waals surface area contributed by atoms with Crippen molar-refractivity contribution in [2.75, 3.05) is 0 Å². The molecule has 0 aliphatic heterocycles. The first-order valence-electron chi connectivity index (χ1n) is 6.21.